The molecule has 0 aliphatic carbocycles. The molecule has 0 bridgehead atoms. The predicted octanol–water partition coefficient (Wildman–Crippen LogP) is 2.40. The van der Waals surface area contributed by atoms with Crippen LogP contribution in [0, 0.1) is 5.82 Å². The Hall–Kier alpha value is -5.04. The molecule has 0 spiro atoms. The number of hydrogen-bond donors (Lipinski definition) is 1. The first-order valence-electron chi connectivity index (χ1n) is 17.2. The molecule has 3 aromatic rings. The van der Waals surface area contributed by atoms with Crippen molar-refractivity contribution >= 4 is 40.3 Å². The van der Waals surface area contributed by atoms with E-state index in [1.54, 1.807) is 11.9 Å². The SMILES string of the molecule is CN(C)CCN(C)C(=O)[C@@H]1CCC(=O)N(C)CC(=O)N2C[C@H](NC(=O)Cc3ccc4ccccc4c3)C[C@H]2COc2ccc(F)cc2C(=O)N1C. The van der Waals surface area contributed by atoms with E-state index in [0.717, 1.165) is 22.4 Å². The van der Waals surface area contributed by atoms with E-state index in [4.69, 9.17) is 4.74 Å². The number of rotatable bonds is 7. The van der Waals surface area contributed by atoms with Gasteiger partial charge in [0.05, 0.1) is 24.6 Å². The summed E-state index contributed by atoms with van der Waals surface area (Å²) in [6, 6.07) is 15.5. The monoisotopic (exact) mass is 702 g/mol. The van der Waals surface area contributed by atoms with E-state index in [0.29, 0.717) is 19.5 Å². The van der Waals surface area contributed by atoms with Crippen molar-refractivity contribution in [3.05, 3.63) is 77.6 Å². The van der Waals surface area contributed by atoms with Crippen LogP contribution in [-0.4, -0.2) is 140 Å². The zero-order valence-corrected chi connectivity index (χ0v) is 29.9. The van der Waals surface area contributed by atoms with Gasteiger partial charge in [0.1, 0.15) is 24.2 Å². The molecule has 51 heavy (non-hydrogen) atoms. The molecular weight excluding hydrogens is 655 g/mol. The van der Waals surface area contributed by atoms with Crippen LogP contribution in [0.1, 0.15) is 35.2 Å². The van der Waals surface area contributed by atoms with Gasteiger partial charge in [0.15, 0.2) is 0 Å². The van der Waals surface area contributed by atoms with Crippen LogP contribution in [0.4, 0.5) is 4.39 Å². The molecule has 12 nitrogen and oxygen atoms in total. The summed E-state index contributed by atoms with van der Waals surface area (Å²) >= 11 is 0. The largest absolute Gasteiger partial charge is 0.491 e. The number of hydrogen-bond acceptors (Lipinski definition) is 7. The van der Waals surface area contributed by atoms with Crippen molar-refractivity contribution in [2.45, 2.75) is 43.8 Å². The van der Waals surface area contributed by atoms with E-state index in [-0.39, 0.29) is 79.9 Å². The third-order valence-electron chi connectivity index (χ3n) is 9.64. The van der Waals surface area contributed by atoms with E-state index >= 15 is 0 Å². The van der Waals surface area contributed by atoms with Gasteiger partial charge in [-0.3, -0.25) is 24.0 Å². The lowest BCUT2D eigenvalue weighted by Crippen LogP contribution is -2.50. The molecular formula is C38H47FN6O6. The number of carbonyl (C=O) groups is 5. The molecule has 3 atom stereocenters. The van der Waals surface area contributed by atoms with Crippen LogP contribution in [0.3, 0.4) is 0 Å². The Kier molecular flexibility index (Phi) is 11.9. The molecule has 2 aliphatic rings. The van der Waals surface area contributed by atoms with Crippen LogP contribution in [0.15, 0.2) is 60.7 Å². The molecule has 1 N–H and O–H groups in total. The first-order chi connectivity index (χ1) is 24.3. The zero-order chi connectivity index (χ0) is 36.8. The molecule has 1 fully saturated rings. The summed E-state index contributed by atoms with van der Waals surface area (Å²) in [5.74, 6) is -2.46. The Morgan fingerprint density at radius 3 is 2.43 bits per heavy atom. The summed E-state index contributed by atoms with van der Waals surface area (Å²) in [7, 11) is 8.38. The maximum absolute atomic E-state index is 14.6. The highest BCUT2D eigenvalue weighted by molar-refractivity contribution is 5.99. The van der Waals surface area contributed by atoms with Crippen LogP contribution >= 0.6 is 0 Å². The summed E-state index contributed by atoms with van der Waals surface area (Å²) in [6.45, 7) is 0.914. The van der Waals surface area contributed by atoms with Gasteiger partial charge in [-0.1, -0.05) is 42.5 Å². The highest BCUT2D eigenvalue weighted by Gasteiger charge is 2.38. The highest BCUT2D eigenvalue weighted by atomic mass is 19.1. The average molecular weight is 703 g/mol. The first kappa shape index (κ1) is 37.2. The molecule has 13 heteroatoms. The van der Waals surface area contributed by atoms with E-state index in [9.17, 15) is 28.4 Å². The molecule has 0 radical (unpaired) electrons. The Balaban J connectivity index is 1.36. The molecule has 272 valence electrons. The molecule has 3 aromatic carbocycles. The molecule has 2 heterocycles. The number of amides is 5. The van der Waals surface area contributed by atoms with Gasteiger partial charge in [-0.25, -0.2) is 4.39 Å². The fourth-order valence-corrected chi connectivity index (χ4v) is 6.64. The van der Waals surface area contributed by atoms with Crippen molar-refractivity contribution in [2.24, 2.45) is 0 Å². The minimum Gasteiger partial charge on any atom is -0.491 e. The normalized spacial score (nSPS) is 20.4. The first-order valence-corrected chi connectivity index (χ1v) is 17.2. The summed E-state index contributed by atoms with van der Waals surface area (Å²) in [5.41, 5.74) is 0.780. The second-order valence-corrected chi connectivity index (χ2v) is 13.8. The van der Waals surface area contributed by atoms with Crippen LogP contribution in [0.5, 0.6) is 5.75 Å². The molecule has 5 amide bonds. The second kappa shape index (κ2) is 16.3. The van der Waals surface area contributed by atoms with Gasteiger partial charge >= 0.3 is 0 Å². The summed E-state index contributed by atoms with van der Waals surface area (Å²) in [4.78, 5) is 75.4. The number of benzene rings is 3. The standard InChI is InChI=1S/C38H47FN6O6/c1-41(2)16-17-42(3)38(50)32-13-15-35(47)43(4)23-36(48)45-22-29(40-34(46)19-25-10-11-26-8-6-7-9-27(26)18-25)21-30(45)24-51-33-14-12-28(39)20-31(33)37(49)44(32)5/h6-12,14,18,20,29-30,32H,13,15-17,19,21-24H2,1-5H3,(H,40,46)/t29-,30+,32+/m1/s1. The van der Waals surface area contributed by atoms with E-state index in [1.165, 1.54) is 40.9 Å². The molecule has 2 aliphatic heterocycles. The fourth-order valence-electron chi connectivity index (χ4n) is 6.64. The second-order valence-electron chi connectivity index (χ2n) is 13.8. The number of fused-ring (bicyclic) bond motifs is 3. The van der Waals surface area contributed by atoms with Gasteiger partial charge in [-0.2, -0.15) is 0 Å². The van der Waals surface area contributed by atoms with Crippen molar-refractivity contribution in [3.63, 3.8) is 0 Å². The smallest absolute Gasteiger partial charge is 0.258 e. The predicted molar refractivity (Wildman–Crippen MR) is 191 cm³/mol. The van der Waals surface area contributed by atoms with Crippen LogP contribution in [0.25, 0.3) is 10.8 Å². The number of halogens is 1. The molecule has 0 unspecified atom stereocenters. The van der Waals surface area contributed by atoms with Gasteiger partial charge in [-0.15, -0.1) is 0 Å². The minimum atomic E-state index is -1.03. The Labute approximate surface area is 298 Å². The lowest BCUT2D eigenvalue weighted by atomic mass is 10.0. The summed E-state index contributed by atoms with van der Waals surface area (Å²) < 4.78 is 20.7. The number of likely N-dealkylation sites (N-methyl/N-ethyl adjacent to an activating group) is 4. The third kappa shape index (κ3) is 9.20. The molecule has 0 saturated carbocycles. The van der Waals surface area contributed by atoms with E-state index in [2.05, 4.69) is 5.32 Å². The lowest BCUT2D eigenvalue weighted by molar-refractivity contribution is -0.141. The van der Waals surface area contributed by atoms with E-state index < -0.39 is 23.8 Å². The number of nitrogens with one attached hydrogen (secondary N) is 1. The molecule has 5 rings (SSSR count). The quantitative estimate of drug-likeness (QED) is 0.402. The maximum Gasteiger partial charge on any atom is 0.258 e. The lowest BCUT2D eigenvalue weighted by Gasteiger charge is -2.32. The van der Waals surface area contributed by atoms with Gasteiger partial charge < -0.3 is 34.6 Å². The number of ether oxygens (including phenoxy) is 1. The van der Waals surface area contributed by atoms with Gasteiger partial charge in [0, 0.05) is 53.2 Å². The Morgan fingerprint density at radius 2 is 1.69 bits per heavy atom. The van der Waals surface area contributed by atoms with Gasteiger partial charge in [0.25, 0.3) is 5.91 Å². The summed E-state index contributed by atoms with van der Waals surface area (Å²) in [6.07, 6.45) is 0.418. The van der Waals surface area contributed by atoms with Crippen molar-refractivity contribution in [1.82, 2.24) is 29.8 Å². The zero-order valence-electron chi connectivity index (χ0n) is 29.9. The topological polar surface area (TPSA) is 123 Å². The van der Waals surface area contributed by atoms with Crippen molar-refractivity contribution in [2.75, 3.05) is 68.0 Å². The molecule has 1 saturated heterocycles. The fraction of sp³-hybridized carbons (Fsp3) is 0.447. The van der Waals surface area contributed by atoms with Crippen molar-refractivity contribution in [3.8, 4) is 5.75 Å². The highest BCUT2D eigenvalue weighted by Crippen LogP contribution is 2.27. The number of nitrogens with zero attached hydrogens (tertiary/aromatic N) is 5. The van der Waals surface area contributed by atoms with Crippen LogP contribution in [0.2, 0.25) is 0 Å². The average Bonchev–Trinajstić information content (AvgIpc) is 3.51. The van der Waals surface area contributed by atoms with Crippen LogP contribution < -0.4 is 10.1 Å². The van der Waals surface area contributed by atoms with Crippen LogP contribution in [-0.2, 0) is 25.6 Å². The third-order valence-corrected chi connectivity index (χ3v) is 9.64. The number of carbonyl (C=O) groups excluding carboxylic acids is 5. The van der Waals surface area contributed by atoms with Gasteiger partial charge in [-0.05, 0) is 61.5 Å². The Bertz CT molecular complexity index is 1780. The van der Waals surface area contributed by atoms with Crippen molar-refractivity contribution < 1.29 is 33.1 Å². The minimum absolute atomic E-state index is 0.00605. The Morgan fingerprint density at radius 1 is 0.941 bits per heavy atom. The maximum atomic E-state index is 14.6. The molecule has 0 aromatic heterocycles. The van der Waals surface area contributed by atoms with Crippen molar-refractivity contribution in [1.29, 1.82) is 0 Å². The van der Waals surface area contributed by atoms with E-state index in [1.807, 2.05) is 61.5 Å². The van der Waals surface area contributed by atoms with Gasteiger partial charge in [0.2, 0.25) is 23.6 Å². The summed E-state index contributed by atoms with van der Waals surface area (Å²) in [5, 5.41) is 5.18.